The van der Waals surface area contributed by atoms with Gasteiger partial charge in [0.25, 0.3) is 9.28 Å². The van der Waals surface area contributed by atoms with Crippen molar-refractivity contribution in [1.29, 1.82) is 0 Å². The molecule has 0 aromatic carbocycles. The second-order valence-corrected chi connectivity index (χ2v) is 31.0. The molecule has 0 radical (unpaired) electrons. The Morgan fingerprint density at radius 2 is 0.848 bits per heavy atom. The first kappa shape index (κ1) is 34.0. The highest BCUT2D eigenvalue weighted by molar-refractivity contribution is 6.89. The van der Waals surface area contributed by atoms with Crippen LogP contribution in [0.4, 0.5) is 0 Å². The average Bonchev–Trinajstić information content (AvgIpc) is 2.65. The van der Waals surface area contributed by atoms with E-state index in [-0.39, 0.29) is 0 Å². The van der Waals surface area contributed by atoms with E-state index in [9.17, 15) is 0 Å². The van der Waals surface area contributed by atoms with E-state index in [1.54, 1.807) is 0 Å². The zero-order chi connectivity index (χ0) is 25.4. The van der Waals surface area contributed by atoms with Crippen LogP contribution in [-0.4, -0.2) is 43.3 Å². The van der Waals surface area contributed by atoms with E-state index in [1.165, 1.54) is 94.8 Å². The Hall–Kier alpha value is 0.964. The molecule has 0 amide bonds. The molecule has 0 saturated carbocycles. The van der Waals surface area contributed by atoms with Crippen LogP contribution in [0.25, 0.3) is 0 Å². The quantitative estimate of drug-likeness (QED) is 0.0993. The third kappa shape index (κ3) is 20.8. The summed E-state index contributed by atoms with van der Waals surface area (Å²) in [5, 5.41) is 0. The minimum absolute atomic E-state index is 1.19. The molecule has 8 heteroatoms. The summed E-state index contributed by atoms with van der Waals surface area (Å²) >= 11 is 0. The normalized spacial score (nSPS) is 15.1. The van der Waals surface area contributed by atoms with E-state index < -0.39 is 43.3 Å². The lowest BCUT2D eigenvalue weighted by Crippen LogP contribution is -2.47. The van der Waals surface area contributed by atoms with Crippen LogP contribution in [0.2, 0.25) is 70.1 Å². The van der Waals surface area contributed by atoms with Crippen LogP contribution >= 0.6 is 0 Å². The van der Waals surface area contributed by atoms with Crippen LogP contribution in [-0.2, 0) is 12.3 Å². The van der Waals surface area contributed by atoms with Crippen LogP contribution < -0.4 is 0 Å². The summed E-state index contributed by atoms with van der Waals surface area (Å²) in [7, 11) is -7.59. The van der Waals surface area contributed by atoms with Gasteiger partial charge in [0.1, 0.15) is 0 Å². The maximum Gasteiger partial charge on any atom is 0.297 e. The fourth-order valence-corrected chi connectivity index (χ4v) is 28.2. The minimum Gasteiger partial charge on any atom is -0.458 e. The molecule has 0 spiro atoms. The molecule has 0 heterocycles. The molecule has 0 rings (SSSR count). The molecular weight excluding hydrogens is 489 g/mol. The summed E-state index contributed by atoms with van der Waals surface area (Å²) in [6.07, 6.45) is 16.5. The van der Waals surface area contributed by atoms with Gasteiger partial charge in [0, 0.05) is 0 Å². The predicted octanol–water partition coefficient (Wildman–Crippen LogP) is 9.12. The maximum absolute atomic E-state index is 6.79. The lowest BCUT2D eigenvalue weighted by Gasteiger charge is -2.35. The Morgan fingerprint density at radius 3 is 1.30 bits per heavy atom. The molecule has 0 aliphatic carbocycles. The fourth-order valence-electron chi connectivity index (χ4n) is 5.03. The van der Waals surface area contributed by atoms with Crippen LogP contribution in [0, 0.1) is 0 Å². The third-order valence-electron chi connectivity index (χ3n) is 6.53. The topological polar surface area (TPSA) is 27.7 Å². The Kier molecular flexibility index (Phi) is 18.8. The number of hydrogen-bond acceptors (Lipinski definition) is 3. The van der Waals surface area contributed by atoms with Crippen molar-refractivity contribution in [3.8, 4) is 0 Å². The maximum atomic E-state index is 6.79. The summed E-state index contributed by atoms with van der Waals surface area (Å²) in [5.74, 6) is 0. The highest BCUT2D eigenvalue weighted by atomic mass is 28.5. The molecule has 0 aromatic heterocycles. The van der Waals surface area contributed by atoms with Gasteiger partial charge < -0.3 is 12.3 Å². The van der Waals surface area contributed by atoms with Crippen LogP contribution in [0.3, 0.4) is 0 Å². The molecule has 0 saturated heterocycles. The summed E-state index contributed by atoms with van der Waals surface area (Å²) in [6, 6.07) is 2.61. The molecule has 3 nitrogen and oxygen atoms in total. The van der Waals surface area contributed by atoms with Crippen molar-refractivity contribution in [3.05, 3.63) is 0 Å². The fraction of sp³-hybridized carbons (Fsp3) is 1.00. The lowest BCUT2D eigenvalue weighted by molar-refractivity contribution is 0.420. The van der Waals surface area contributed by atoms with Crippen LogP contribution in [0.5, 0.6) is 0 Å². The van der Waals surface area contributed by atoms with Gasteiger partial charge in [-0.1, -0.05) is 90.9 Å². The number of unbranched alkanes of at least 4 members (excludes halogenated alkanes) is 10. The number of rotatable bonds is 22. The summed E-state index contributed by atoms with van der Waals surface area (Å²) in [5.41, 5.74) is 1.22. The summed E-state index contributed by atoms with van der Waals surface area (Å²) < 4.78 is 20.2. The Morgan fingerprint density at radius 1 is 0.485 bits per heavy atom. The number of hydrogen-bond donors (Lipinski definition) is 0. The first-order valence-corrected chi connectivity index (χ1v) is 28.2. The Balaban J connectivity index is 4.30. The van der Waals surface area contributed by atoms with E-state index in [2.05, 4.69) is 66.2 Å². The highest BCUT2D eigenvalue weighted by Crippen LogP contribution is 2.24. The first-order chi connectivity index (χ1) is 15.3. The van der Waals surface area contributed by atoms with E-state index in [1.807, 2.05) is 0 Å². The van der Waals surface area contributed by atoms with Gasteiger partial charge in [0.05, 0.1) is 0 Å². The molecule has 0 fully saturated rings. The predicted molar refractivity (Wildman–Crippen MR) is 163 cm³/mol. The van der Waals surface area contributed by atoms with Gasteiger partial charge in [0.2, 0.25) is 0 Å². The molecule has 0 N–H and O–H groups in total. The Bertz CT molecular complexity index is 435. The van der Waals surface area contributed by atoms with Gasteiger partial charge in [-0.25, -0.2) is 0 Å². The van der Waals surface area contributed by atoms with Crippen molar-refractivity contribution >= 4 is 43.3 Å². The second-order valence-electron chi connectivity index (χ2n) is 12.3. The highest BCUT2D eigenvalue weighted by Gasteiger charge is 2.34. The van der Waals surface area contributed by atoms with Crippen molar-refractivity contribution in [1.82, 2.24) is 0 Å². The van der Waals surface area contributed by atoms with Gasteiger partial charge in [0.15, 0.2) is 34.0 Å². The van der Waals surface area contributed by atoms with Gasteiger partial charge in [-0.05, 0) is 70.1 Å². The molecule has 0 aromatic rings. The molecule has 2 unspecified atom stereocenters. The Labute approximate surface area is 216 Å². The molecule has 2 atom stereocenters. The third-order valence-corrected chi connectivity index (χ3v) is 27.8. The summed E-state index contributed by atoms with van der Waals surface area (Å²) in [6.45, 7) is 23.7. The van der Waals surface area contributed by atoms with Gasteiger partial charge >= 0.3 is 0 Å². The molecule has 200 valence electrons. The van der Waals surface area contributed by atoms with Crippen molar-refractivity contribution in [2.75, 3.05) is 0 Å². The standard InChI is InChI=1S/C25H62O3Si5/c1-11-13-15-17-19-21-23-31(5,6)26-29(3)25-33(9,10)28-30(4)27-32(7,8)24-22-20-18-16-14-12-2/h29-30H,11-25H2,1-10H3. The van der Waals surface area contributed by atoms with Crippen molar-refractivity contribution < 1.29 is 12.3 Å². The molecular formula is C25H62O3Si5. The zero-order valence-corrected chi connectivity index (χ0v) is 29.8. The van der Waals surface area contributed by atoms with Gasteiger partial charge in [-0.2, -0.15) is 0 Å². The van der Waals surface area contributed by atoms with E-state index in [0.717, 1.165) is 0 Å². The van der Waals surface area contributed by atoms with Crippen molar-refractivity contribution in [3.63, 3.8) is 0 Å². The zero-order valence-electron chi connectivity index (χ0n) is 24.5. The monoisotopic (exact) mass is 550 g/mol. The molecule has 0 aliphatic heterocycles. The largest absolute Gasteiger partial charge is 0.458 e. The van der Waals surface area contributed by atoms with Crippen molar-refractivity contribution in [2.45, 2.75) is 161 Å². The average molecular weight is 551 g/mol. The minimum atomic E-state index is -1.72. The van der Waals surface area contributed by atoms with Gasteiger partial charge in [-0.3, -0.25) is 0 Å². The van der Waals surface area contributed by atoms with E-state index >= 15 is 0 Å². The summed E-state index contributed by atoms with van der Waals surface area (Å²) in [4.78, 5) is 0. The van der Waals surface area contributed by atoms with Gasteiger partial charge in [-0.15, -0.1) is 0 Å². The smallest absolute Gasteiger partial charge is 0.297 e. The first-order valence-electron chi connectivity index (χ1n) is 14.4. The molecule has 0 bridgehead atoms. The lowest BCUT2D eigenvalue weighted by atomic mass is 10.1. The van der Waals surface area contributed by atoms with Crippen LogP contribution in [0.1, 0.15) is 90.9 Å². The second kappa shape index (κ2) is 18.2. The van der Waals surface area contributed by atoms with Crippen molar-refractivity contribution in [2.24, 2.45) is 0 Å². The van der Waals surface area contributed by atoms with E-state index in [0.29, 0.717) is 0 Å². The van der Waals surface area contributed by atoms with Crippen LogP contribution in [0.15, 0.2) is 0 Å². The SMILES string of the molecule is CCCCCCCC[Si](C)(C)O[SiH](C)C[Si](C)(C)O[SiH](C)O[Si](C)(C)CCCCCCCC. The molecule has 33 heavy (non-hydrogen) atoms. The molecule has 0 aliphatic rings. The van der Waals surface area contributed by atoms with E-state index in [4.69, 9.17) is 12.3 Å².